The number of nitrogens with zero attached hydrogens (tertiary/aromatic N) is 1. The van der Waals surface area contributed by atoms with Crippen LogP contribution in [-0.4, -0.2) is 95.0 Å². The summed E-state index contributed by atoms with van der Waals surface area (Å²) in [5, 5.41) is 31.4. The van der Waals surface area contributed by atoms with E-state index in [0.29, 0.717) is 25.8 Å². The number of halogens is 1. The molecule has 52 heavy (non-hydrogen) atoms. The molecule has 0 aromatic heterocycles. The van der Waals surface area contributed by atoms with Crippen LogP contribution in [0.2, 0.25) is 0 Å². The van der Waals surface area contributed by atoms with Crippen LogP contribution < -0.4 is 21.7 Å². The Labute approximate surface area is 316 Å². The maximum atomic E-state index is 14.3. The van der Waals surface area contributed by atoms with Gasteiger partial charge in [0.25, 0.3) is 0 Å². The molecule has 2 rings (SSSR count). The number of aliphatic hydroxyl groups excluding tert-OH is 2. The van der Waals surface area contributed by atoms with Crippen LogP contribution in [0.4, 0.5) is 4.79 Å². The van der Waals surface area contributed by atoms with E-state index in [0.717, 1.165) is 29.2 Å². The van der Waals surface area contributed by atoms with E-state index in [4.69, 9.17) is 10.5 Å². The molecule has 0 aliphatic rings. The van der Waals surface area contributed by atoms with Crippen molar-refractivity contribution < 1.29 is 34.1 Å². The Morgan fingerprint density at radius 2 is 1.54 bits per heavy atom. The van der Waals surface area contributed by atoms with Gasteiger partial charge in [-0.3, -0.25) is 14.4 Å². The molecule has 2 aromatic carbocycles. The first kappa shape index (κ1) is 46.6. The Morgan fingerprint density at radius 3 is 2.13 bits per heavy atom. The zero-order valence-corrected chi connectivity index (χ0v) is 33.1. The Balaban J connectivity index is 0.0000135. The number of carbonyl (C=O) groups excluding carboxylic acids is 4. The first-order valence-electron chi connectivity index (χ1n) is 18.3. The van der Waals surface area contributed by atoms with Crippen molar-refractivity contribution in [2.24, 2.45) is 17.6 Å². The number of rotatable bonds is 20. The topological polar surface area (TPSA) is 183 Å². The number of carbonyl (C=O) groups is 4. The number of amides is 4. The van der Waals surface area contributed by atoms with Gasteiger partial charge < -0.3 is 41.5 Å². The third-order valence-corrected chi connectivity index (χ3v) is 8.61. The highest BCUT2D eigenvalue weighted by atomic mass is 35.5. The summed E-state index contributed by atoms with van der Waals surface area (Å²) in [6.45, 7) is 13.3. The molecule has 2 aromatic rings. The van der Waals surface area contributed by atoms with Gasteiger partial charge >= 0.3 is 6.09 Å². The van der Waals surface area contributed by atoms with Crippen LogP contribution >= 0.6 is 12.4 Å². The maximum absolute atomic E-state index is 14.3. The summed E-state index contributed by atoms with van der Waals surface area (Å²) in [5.74, 6) is -1.30. The van der Waals surface area contributed by atoms with Gasteiger partial charge in [0.15, 0.2) is 0 Å². The van der Waals surface area contributed by atoms with Gasteiger partial charge in [0.05, 0.1) is 31.2 Å². The van der Waals surface area contributed by atoms with Crippen LogP contribution in [0.25, 0.3) is 10.8 Å². The van der Waals surface area contributed by atoms with E-state index in [1.165, 1.54) is 4.90 Å². The quantitative estimate of drug-likeness (QED) is 0.107. The van der Waals surface area contributed by atoms with Crippen LogP contribution in [0.15, 0.2) is 42.5 Å². The van der Waals surface area contributed by atoms with Crippen molar-refractivity contribution in [3.63, 3.8) is 0 Å². The number of likely N-dealkylation sites (N-methyl/N-ethyl adjacent to an activating group) is 1. The van der Waals surface area contributed by atoms with Gasteiger partial charge in [-0.2, -0.15) is 0 Å². The second-order valence-electron chi connectivity index (χ2n) is 15.4. The van der Waals surface area contributed by atoms with Gasteiger partial charge in [0.1, 0.15) is 17.7 Å². The molecule has 7 N–H and O–H groups in total. The molecule has 4 amide bonds. The highest BCUT2D eigenvalue weighted by Crippen LogP contribution is 2.22. The molecule has 0 saturated heterocycles. The molecule has 12 nitrogen and oxygen atoms in total. The number of nitrogens with one attached hydrogen (secondary N) is 3. The molecule has 0 radical (unpaired) electrons. The van der Waals surface area contributed by atoms with Crippen molar-refractivity contribution in [1.29, 1.82) is 0 Å². The Hall–Kier alpha value is -3.45. The van der Waals surface area contributed by atoms with E-state index in [1.54, 1.807) is 27.8 Å². The highest BCUT2D eigenvalue weighted by Gasteiger charge is 2.36. The summed E-state index contributed by atoms with van der Waals surface area (Å²) >= 11 is 0. The van der Waals surface area contributed by atoms with Crippen molar-refractivity contribution in [3.05, 3.63) is 48.0 Å². The first-order chi connectivity index (χ1) is 23.9. The molecular formula is C39H64ClN5O7. The lowest BCUT2D eigenvalue weighted by Gasteiger charge is -2.34. The van der Waals surface area contributed by atoms with Crippen LogP contribution in [0.5, 0.6) is 0 Å². The standard InChI is InChI=1S/C39H63N5O7.ClH/c1-25(2)20-31(34(46)23-35(47)41-29(24-45)17-11-12-19-40)42-36(48)33(21-26(3)4)44(8)37(49)32(43-38(50)51-39(5,6)7)22-28-16-13-15-27-14-9-10-18-30(27)28;/h9-10,13-16,18,25-26,29,31-34,45-46H,11-12,17,19-24,40H2,1-8H3,(H,41,47)(H,42,48)(H,43,50);1H/t29-,31-,32-,33-,34-;/m0./s1. The second-order valence-corrected chi connectivity index (χ2v) is 15.4. The Morgan fingerprint density at radius 1 is 0.904 bits per heavy atom. The van der Waals surface area contributed by atoms with Gasteiger partial charge in [-0.15, -0.1) is 12.4 Å². The fraction of sp³-hybridized carbons (Fsp3) is 0.641. The number of benzene rings is 2. The minimum atomic E-state index is -1.21. The van der Waals surface area contributed by atoms with Crippen LogP contribution in [0, 0.1) is 11.8 Å². The van der Waals surface area contributed by atoms with Crippen LogP contribution in [0.1, 0.15) is 92.6 Å². The van der Waals surface area contributed by atoms with E-state index >= 15 is 0 Å². The zero-order chi connectivity index (χ0) is 38.3. The normalized spacial score (nSPS) is 14.5. The van der Waals surface area contributed by atoms with Gasteiger partial charge in [-0.1, -0.05) is 76.6 Å². The molecule has 0 spiro atoms. The third kappa shape index (κ3) is 16.1. The molecule has 0 fully saturated rings. The average molecular weight is 750 g/mol. The SMILES string of the molecule is CC(C)C[C@H](NC(=O)[C@H](CC(C)C)N(C)C(=O)[C@H](Cc1cccc2ccccc12)NC(=O)OC(C)(C)C)[C@@H](O)CC(=O)N[C@H](CO)CCCCN.Cl. The predicted octanol–water partition coefficient (Wildman–Crippen LogP) is 4.46. The van der Waals surface area contributed by atoms with Gasteiger partial charge in [-0.05, 0) is 81.2 Å². The Bertz CT molecular complexity index is 1410. The number of fused-ring (bicyclic) bond motifs is 1. The molecule has 0 aliphatic heterocycles. The molecule has 294 valence electrons. The smallest absolute Gasteiger partial charge is 0.408 e. The predicted molar refractivity (Wildman–Crippen MR) is 208 cm³/mol. The number of hydrogen-bond donors (Lipinski definition) is 6. The van der Waals surface area contributed by atoms with E-state index in [-0.39, 0.29) is 43.7 Å². The molecule has 0 bridgehead atoms. The van der Waals surface area contributed by atoms with Crippen LogP contribution in [0.3, 0.4) is 0 Å². The molecule has 0 aliphatic carbocycles. The average Bonchev–Trinajstić information content (AvgIpc) is 3.04. The molecule has 0 saturated carbocycles. The van der Waals surface area contributed by atoms with Crippen molar-refractivity contribution >= 4 is 47.0 Å². The fourth-order valence-corrected chi connectivity index (χ4v) is 6.09. The van der Waals surface area contributed by atoms with E-state index in [1.807, 2.05) is 70.2 Å². The zero-order valence-electron chi connectivity index (χ0n) is 32.3. The van der Waals surface area contributed by atoms with Crippen molar-refractivity contribution in [3.8, 4) is 0 Å². The van der Waals surface area contributed by atoms with E-state index in [2.05, 4.69) is 16.0 Å². The fourth-order valence-electron chi connectivity index (χ4n) is 6.09. The summed E-state index contributed by atoms with van der Waals surface area (Å²) in [4.78, 5) is 55.7. The first-order valence-corrected chi connectivity index (χ1v) is 18.3. The van der Waals surface area contributed by atoms with Crippen LogP contribution in [-0.2, 0) is 25.5 Å². The van der Waals surface area contributed by atoms with Crippen molar-refractivity contribution in [2.75, 3.05) is 20.2 Å². The largest absolute Gasteiger partial charge is 0.444 e. The second kappa shape index (κ2) is 22.6. The van der Waals surface area contributed by atoms with Gasteiger partial charge in [0, 0.05) is 13.5 Å². The minimum Gasteiger partial charge on any atom is -0.444 e. The molecule has 13 heteroatoms. The lowest BCUT2D eigenvalue weighted by atomic mass is 9.94. The number of hydrogen-bond acceptors (Lipinski definition) is 8. The monoisotopic (exact) mass is 749 g/mol. The van der Waals surface area contributed by atoms with Crippen molar-refractivity contribution in [1.82, 2.24) is 20.9 Å². The lowest BCUT2D eigenvalue weighted by molar-refractivity contribution is -0.141. The molecule has 0 unspecified atom stereocenters. The summed E-state index contributed by atoms with van der Waals surface area (Å²) in [6.07, 6.45) is 0.691. The maximum Gasteiger partial charge on any atom is 0.408 e. The number of aliphatic hydroxyl groups is 2. The number of nitrogens with two attached hydrogens (primary N) is 1. The summed E-state index contributed by atoms with van der Waals surface area (Å²) < 4.78 is 5.52. The number of ether oxygens (including phenoxy) is 1. The Kier molecular flexibility index (Phi) is 20.2. The molecule has 0 heterocycles. The van der Waals surface area contributed by atoms with Crippen molar-refractivity contribution in [2.45, 2.75) is 129 Å². The van der Waals surface area contributed by atoms with Gasteiger partial charge in [-0.25, -0.2) is 4.79 Å². The number of alkyl carbamates (subject to hydrolysis) is 1. The van der Waals surface area contributed by atoms with Gasteiger partial charge in [0.2, 0.25) is 17.7 Å². The molecular weight excluding hydrogens is 686 g/mol. The summed E-state index contributed by atoms with van der Waals surface area (Å²) in [7, 11) is 1.54. The highest BCUT2D eigenvalue weighted by molar-refractivity contribution is 5.93. The lowest BCUT2D eigenvalue weighted by Crippen LogP contribution is -2.58. The van der Waals surface area contributed by atoms with E-state index in [9.17, 15) is 29.4 Å². The third-order valence-electron chi connectivity index (χ3n) is 8.61. The summed E-state index contributed by atoms with van der Waals surface area (Å²) in [6, 6.07) is 10.4. The summed E-state index contributed by atoms with van der Waals surface area (Å²) in [5.41, 5.74) is 5.61. The van der Waals surface area contributed by atoms with E-state index < -0.39 is 59.7 Å². The number of unbranched alkanes of at least 4 members (excludes halogenated alkanes) is 1. The minimum absolute atomic E-state index is 0. The molecule has 5 atom stereocenters.